The van der Waals surface area contributed by atoms with E-state index in [1.807, 2.05) is 32.4 Å². The molecule has 0 unspecified atom stereocenters. The zero-order chi connectivity index (χ0) is 18.0. The van der Waals surface area contributed by atoms with Gasteiger partial charge in [-0.2, -0.15) is 5.10 Å². The van der Waals surface area contributed by atoms with Crippen molar-refractivity contribution in [3.05, 3.63) is 23.4 Å². The van der Waals surface area contributed by atoms with E-state index >= 15 is 0 Å². The Kier molecular flexibility index (Phi) is 5.14. The molecular weight excluding hydrogens is 324 g/mol. The first kappa shape index (κ1) is 17.6. The van der Waals surface area contributed by atoms with E-state index in [9.17, 15) is 4.79 Å². The third-order valence-corrected chi connectivity index (χ3v) is 4.31. The fraction of sp³-hybridized carbons (Fsp3) is 0.625. The number of nitrogens with zero attached hydrogens (tertiary/aromatic N) is 5. The average molecular weight is 348 g/mol. The molecule has 2 aromatic rings. The molecule has 3 rings (SSSR count). The van der Waals surface area contributed by atoms with Crippen molar-refractivity contribution in [2.45, 2.75) is 46.4 Å². The molecule has 1 N–H and O–H groups in total. The molecule has 2 aromatic heterocycles. The summed E-state index contributed by atoms with van der Waals surface area (Å²) in [5.41, 5.74) is 0.730. The number of carbonyl (C=O) groups excluding carboxylic acids is 1. The Morgan fingerprint density at radius 3 is 2.88 bits per heavy atom. The van der Waals surface area contributed by atoms with Gasteiger partial charge in [0, 0.05) is 19.2 Å². The number of nitrogens with one attached hydrogen (secondary N) is 1. The second-order valence-electron chi connectivity index (χ2n) is 6.37. The maximum absolute atomic E-state index is 12.4. The van der Waals surface area contributed by atoms with Crippen LogP contribution in [0.3, 0.4) is 0 Å². The number of aryl methyl sites for hydroxylation is 3. The van der Waals surface area contributed by atoms with Crippen LogP contribution in [-0.2, 0) is 16.1 Å². The van der Waals surface area contributed by atoms with E-state index in [4.69, 9.17) is 9.26 Å². The van der Waals surface area contributed by atoms with Gasteiger partial charge < -0.3 is 9.26 Å². The summed E-state index contributed by atoms with van der Waals surface area (Å²) in [4.78, 5) is 18.8. The van der Waals surface area contributed by atoms with Gasteiger partial charge in [-0.3, -0.25) is 15.0 Å². The minimum Gasteiger partial charge on any atom is -0.374 e. The Balaban J connectivity index is 1.58. The van der Waals surface area contributed by atoms with E-state index in [0.717, 1.165) is 17.3 Å². The van der Waals surface area contributed by atoms with Crippen LogP contribution in [0.25, 0.3) is 0 Å². The molecule has 1 aliphatic rings. The van der Waals surface area contributed by atoms with Gasteiger partial charge in [0.15, 0.2) is 0 Å². The Morgan fingerprint density at radius 2 is 2.24 bits per heavy atom. The van der Waals surface area contributed by atoms with Crippen LogP contribution < -0.4 is 5.32 Å². The summed E-state index contributed by atoms with van der Waals surface area (Å²) in [7, 11) is 0. The average Bonchev–Trinajstić information content (AvgIpc) is 3.11. The summed E-state index contributed by atoms with van der Waals surface area (Å²) in [5.74, 6) is 1.86. The Hall–Kier alpha value is -2.26. The number of hydrogen-bond donors (Lipinski definition) is 1. The molecular formula is C16H24N6O3. The number of aromatic nitrogens is 4. The summed E-state index contributed by atoms with van der Waals surface area (Å²) in [6.07, 6.45) is -0.0312. The molecule has 0 aromatic carbocycles. The minimum absolute atomic E-state index is 0.0312. The van der Waals surface area contributed by atoms with Crippen molar-refractivity contribution >= 4 is 11.8 Å². The Labute approximate surface area is 146 Å². The molecule has 1 saturated heterocycles. The molecule has 1 amide bonds. The number of rotatable bonds is 5. The van der Waals surface area contributed by atoms with E-state index in [2.05, 4.69) is 25.5 Å². The highest BCUT2D eigenvalue weighted by atomic mass is 16.5. The van der Waals surface area contributed by atoms with Gasteiger partial charge >= 0.3 is 0 Å². The zero-order valence-corrected chi connectivity index (χ0v) is 15.0. The highest BCUT2D eigenvalue weighted by molar-refractivity contribution is 5.93. The van der Waals surface area contributed by atoms with Crippen LogP contribution in [0.15, 0.2) is 10.6 Å². The van der Waals surface area contributed by atoms with Crippen molar-refractivity contribution in [2.24, 2.45) is 0 Å². The molecule has 9 nitrogen and oxygen atoms in total. The van der Waals surface area contributed by atoms with Gasteiger partial charge in [-0.15, -0.1) is 0 Å². The van der Waals surface area contributed by atoms with E-state index < -0.39 is 0 Å². The van der Waals surface area contributed by atoms with Crippen LogP contribution in [0.1, 0.15) is 24.3 Å². The van der Waals surface area contributed by atoms with Gasteiger partial charge in [-0.05, 0) is 27.7 Å². The van der Waals surface area contributed by atoms with Gasteiger partial charge in [0.1, 0.15) is 11.6 Å². The molecule has 136 valence electrons. The first-order valence-electron chi connectivity index (χ1n) is 8.40. The van der Waals surface area contributed by atoms with Gasteiger partial charge in [-0.25, -0.2) is 9.67 Å². The molecule has 0 radical (unpaired) electrons. The molecule has 3 heterocycles. The molecule has 0 spiro atoms. The van der Waals surface area contributed by atoms with Crippen molar-refractivity contribution in [1.82, 2.24) is 24.8 Å². The normalized spacial score (nSPS) is 19.8. The monoisotopic (exact) mass is 348 g/mol. The topological polar surface area (TPSA) is 98.3 Å². The van der Waals surface area contributed by atoms with E-state index in [-0.39, 0.29) is 18.1 Å². The molecule has 25 heavy (non-hydrogen) atoms. The molecule has 1 aliphatic heterocycles. The first-order valence-corrected chi connectivity index (χ1v) is 8.40. The van der Waals surface area contributed by atoms with Crippen LogP contribution in [0.4, 0.5) is 5.88 Å². The van der Waals surface area contributed by atoms with Crippen LogP contribution >= 0.6 is 0 Å². The smallest absolute Gasteiger partial charge is 0.243 e. The van der Waals surface area contributed by atoms with E-state index in [0.29, 0.717) is 32.1 Å². The number of amides is 1. The van der Waals surface area contributed by atoms with Crippen LogP contribution in [0.5, 0.6) is 0 Å². The lowest BCUT2D eigenvalue weighted by molar-refractivity contribution is -0.124. The summed E-state index contributed by atoms with van der Waals surface area (Å²) in [5, 5.41) is 10.9. The van der Waals surface area contributed by atoms with Crippen molar-refractivity contribution in [1.29, 1.82) is 0 Å². The number of morpholine rings is 1. The Morgan fingerprint density at radius 1 is 1.44 bits per heavy atom. The molecule has 0 aliphatic carbocycles. The fourth-order valence-electron chi connectivity index (χ4n) is 2.95. The molecule has 0 bridgehead atoms. The summed E-state index contributed by atoms with van der Waals surface area (Å²) < 4.78 is 12.7. The van der Waals surface area contributed by atoms with Crippen molar-refractivity contribution in [3.63, 3.8) is 0 Å². The van der Waals surface area contributed by atoms with E-state index in [1.54, 1.807) is 6.07 Å². The van der Waals surface area contributed by atoms with Crippen LogP contribution in [-0.4, -0.2) is 62.6 Å². The van der Waals surface area contributed by atoms with Crippen molar-refractivity contribution < 1.29 is 14.1 Å². The van der Waals surface area contributed by atoms with Crippen molar-refractivity contribution in [3.8, 4) is 0 Å². The van der Waals surface area contributed by atoms with E-state index in [1.165, 1.54) is 0 Å². The predicted molar refractivity (Wildman–Crippen MR) is 90.1 cm³/mol. The first-order chi connectivity index (χ1) is 11.9. The second-order valence-corrected chi connectivity index (χ2v) is 6.37. The third-order valence-electron chi connectivity index (χ3n) is 4.31. The highest BCUT2D eigenvalue weighted by Crippen LogP contribution is 2.14. The number of anilines is 1. The largest absolute Gasteiger partial charge is 0.374 e. The highest BCUT2D eigenvalue weighted by Gasteiger charge is 2.29. The van der Waals surface area contributed by atoms with Gasteiger partial charge in [-0.1, -0.05) is 5.16 Å². The lowest BCUT2D eigenvalue weighted by atomic mass is 10.2. The van der Waals surface area contributed by atoms with Crippen molar-refractivity contribution in [2.75, 3.05) is 25.0 Å². The summed E-state index contributed by atoms with van der Waals surface area (Å²) in [6.45, 7) is 10.0. The zero-order valence-electron chi connectivity index (χ0n) is 15.0. The Bertz CT molecular complexity index is 740. The van der Waals surface area contributed by atoms with Crippen LogP contribution in [0, 0.1) is 20.8 Å². The molecule has 0 saturated carbocycles. The maximum Gasteiger partial charge on any atom is 0.243 e. The number of hydrogen-bond acceptors (Lipinski definition) is 7. The number of carbonyl (C=O) groups is 1. The third kappa shape index (κ3) is 4.23. The summed E-state index contributed by atoms with van der Waals surface area (Å²) in [6, 6.07) is 1.40. The SMILES string of the molecule is Cc1cc(NC(=O)[C@H](C)N2CCO[C@@H](Cn3nc(C)nc3C)C2)on1. The number of ether oxygens (including phenoxy) is 1. The van der Waals surface area contributed by atoms with Crippen LogP contribution in [0.2, 0.25) is 0 Å². The molecule has 9 heteroatoms. The fourth-order valence-corrected chi connectivity index (χ4v) is 2.95. The standard InChI is InChI=1S/C16H24N6O3/c1-10-7-15(25-20-10)18-16(23)11(2)21-5-6-24-14(8-21)9-22-13(4)17-12(3)19-22/h7,11,14H,5-6,8-9H2,1-4H3,(H,18,23)/t11-,14+/m0/s1. The quantitative estimate of drug-likeness (QED) is 0.858. The lowest BCUT2D eigenvalue weighted by Crippen LogP contribution is -2.51. The predicted octanol–water partition coefficient (Wildman–Crippen LogP) is 0.919. The van der Waals surface area contributed by atoms with Gasteiger partial charge in [0.25, 0.3) is 0 Å². The second kappa shape index (κ2) is 7.32. The van der Waals surface area contributed by atoms with Gasteiger partial charge in [0.2, 0.25) is 11.8 Å². The summed E-state index contributed by atoms with van der Waals surface area (Å²) >= 11 is 0. The maximum atomic E-state index is 12.4. The molecule has 1 fully saturated rings. The lowest BCUT2D eigenvalue weighted by Gasteiger charge is -2.36. The van der Waals surface area contributed by atoms with Gasteiger partial charge in [0.05, 0.1) is 31.0 Å². The molecule has 2 atom stereocenters. The minimum atomic E-state index is -0.296.